The molecule has 8 heteroatoms. The number of nitrogens with zero attached hydrogens (tertiary/aromatic N) is 2. The fraction of sp³-hybridized carbons (Fsp3) is 0.125. The Bertz CT molecular complexity index is 1040. The summed E-state index contributed by atoms with van der Waals surface area (Å²) < 4.78 is 23.6. The van der Waals surface area contributed by atoms with Crippen LogP contribution in [0, 0.1) is 0 Å². The predicted octanol–water partition coefficient (Wildman–Crippen LogP) is 1.81. The lowest BCUT2D eigenvalue weighted by atomic mass is 10.0. The molecule has 2 N–H and O–H groups in total. The van der Waals surface area contributed by atoms with Crippen LogP contribution in [0.2, 0.25) is 0 Å². The maximum absolute atomic E-state index is 12.1. The average Bonchev–Trinajstić information content (AvgIpc) is 2.50. The number of rotatable bonds is 3. The van der Waals surface area contributed by atoms with Gasteiger partial charge in [-0.1, -0.05) is 42.5 Å². The van der Waals surface area contributed by atoms with Crippen molar-refractivity contribution in [1.82, 2.24) is 9.78 Å². The van der Waals surface area contributed by atoms with Crippen molar-refractivity contribution in [3.8, 4) is 11.3 Å². The number of nitrogens with two attached hydrogens (primary N) is 1. The molecule has 1 heterocycles. The van der Waals surface area contributed by atoms with Crippen LogP contribution in [0.4, 0.5) is 0 Å². The molecule has 0 radical (unpaired) electrons. The number of aromatic nitrogens is 2. The van der Waals surface area contributed by atoms with Gasteiger partial charge in [-0.2, -0.15) is 5.10 Å². The molecule has 0 fully saturated rings. The normalized spacial score (nSPS) is 11.2. The molecule has 0 aliphatic carbocycles. The van der Waals surface area contributed by atoms with E-state index in [1.165, 1.54) is 4.68 Å². The van der Waals surface area contributed by atoms with Crippen LogP contribution in [0.1, 0.15) is 5.56 Å². The lowest BCUT2D eigenvalue weighted by Crippen LogP contribution is -2.20. The van der Waals surface area contributed by atoms with Gasteiger partial charge in [-0.05, 0) is 11.6 Å². The summed E-state index contributed by atoms with van der Waals surface area (Å²) >= 11 is 0. The van der Waals surface area contributed by atoms with Gasteiger partial charge in [0.05, 0.1) is 16.8 Å². The van der Waals surface area contributed by atoms with Crippen LogP contribution in [-0.2, 0) is 22.8 Å². The van der Waals surface area contributed by atoms with E-state index in [0.29, 0.717) is 16.6 Å². The molecular formula is C16H16ClN3O3S. The summed E-state index contributed by atoms with van der Waals surface area (Å²) in [7, 11) is -1.96. The second kappa shape index (κ2) is 6.72. The van der Waals surface area contributed by atoms with Gasteiger partial charge in [0, 0.05) is 18.0 Å². The Kier molecular flexibility index (Phi) is 5.08. The smallest absolute Gasteiger partial charge is 0.267 e. The molecule has 3 rings (SSSR count). The highest BCUT2D eigenvalue weighted by Gasteiger charge is 2.11. The number of benzene rings is 2. The molecule has 0 bridgehead atoms. The summed E-state index contributed by atoms with van der Waals surface area (Å²) in [5, 5.41) is 10.7. The first-order chi connectivity index (χ1) is 10.8. The van der Waals surface area contributed by atoms with Crippen molar-refractivity contribution in [2.75, 3.05) is 0 Å². The van der Waals surface area contributed by atoms with Gasteiger partial charge in [-0.25, -0.2) is 18.2 Å². The Morgan fingerprint density at radius 2 is 1.62 bits per heavy atom. The summed E-state index contributed by atoms with van der Waals surface area (Å²) in [6.45, 7) is 0. The number of primary sulfonamides is 1. The third-order valence-electron chi connectivity index (χ3n) is 3.55. The zero-order chi connectivity index (χ0) is 16.6. The van der Waals surface area contributed by atoms with Gasteiger partial charge in [0.1, 0.15) is 0 Å². The lowest BCUT2D eigenvalue weighted by Gasteiger charge is -2.09. The molecule has 1 aromatic heterocycles. The van der Waals surface area contributed by atoms with Crippen LogP contribution >= 0.6 is 12.4 Å². The van der Waals surface area contributed by atoms with E-state index in [1.807, 2.05) is 18.2 Å². The Hall–Kier alpha value is -2.22. The predicted molar refractivity (Wildman–Crippen MR) is 96.5 cm³/mol. The third-order valence-corrected chi connectivity index (χ3v) is 4.29. The Labute approximate surface area is 145 Å². The van der Waals surface area contributed by atoms with Crippen LogP contribution in [0.3, 0.4) is 0 Å². The molecule has 3 aromatic rings. The number of halogens is 1. The highest BCUT2D eigenvalue weighted by atomic mass is 35.5. The minimum Gasteiger partial charge on any atom is -0.267 e. The molecule has 6 nitrogen and oxygen atoms in total. The minimum atomic E-state index is -3.56. The van der Waals surface area contributed by atoms with Crippen molar-refractivity contribution < 1.29 is 8.42 Å². The Morgan fingerprint density at radius 3 is 2.21 bits per heavy atom. The zero-order valence-electron chi connectivity index (χ0n) is 12.8. The van der Waals surface area contributed by atoms with Crippen molar-refractivity contribution in [2.45, 2.75) is 5.75 Å². The highest BCUT2D eigenvalue weighted by Crippen LogP contribution is 2.24. The summed E-state index contributed by atoms with van der Waals surface area (Å²) in [5.74, 6) is -0.214. The van der Waals surface area contributed by atoms with Crippen LogP contribution in [-0.4, -0.2) is 18.2 Å². The minimum absolute atomic E-state index is 0. The number of sulfonamides is 1. The van der Waals surface area contributed by atoms with Gasteiger partial charge in [0.15, 0.2) is 0 Å². The monoisotopic (exact) mass is 365 g/mol. The first-order valence-electron chi connectivity index (χ1n) is 6.91. The van der Waals surface area contributed by atoms with Crippen molar-refractivity contribution in [2.24, 2.45) is 12.2 Å². The number of fused-ring (bicyclic) bond motifs is 1. The van der Waals surface area contributed by atoms with Gasteiger partial charge >= 0.3 is 0 Å². The first-order valence-corrected chi connectivity index (χ1v) is 8.62. The Morgan fingerprint density at radius 1 is 1.04 bits per heavy atom. The van der Waals surface area contributed by atoms with Crippen LogP contribution in [0.25, 0.3) is 22.0 Å². The third kappa shape index (κ3) is 3.64. The number of hydrogen-bond donors (Lipinski definition) is 1. The van der Waals surface area contributed by atoms with Crippen LogP contribution < -0.4 is 10.7 Å². The molecule has 0 saturated carbocycles. The zero-order valence-corrected chi connectivity index (χ0v) is 14.5. The van der Waals surface area contributed by atoms with E-state index < -0.39 is 10.0 Å². The fourth-order valence-electron chi connectivity index (χ4n) is 2.50. The maximum Gasteiger partial charge on any atom is 0.274 e. The van der Waals surface area contributed by atoms with Gasteiger partial charge < -0.3 is 0 Å². The molecule has 0 amide bonds. The van der Waals surface area contributed by atoms with E-state index in [2.05, 4.69) is 5.10 Å². The van der Waals surface area contributed by atoms with Crippen LogP contribution in [0.15, 0.2) is 53.3 Å². The second-order valence-electron chi connectivity index (χ2n) is 5.33. The molecule has 0 aliphatic rings. The second-order valence-corrected chi connectivity index (χ2v) is 6.94. The number of aryl methyl sites for hydroxylation is 1. The van der Waals surface area contributed by atoms with Crippen molar-refractivity contribution in [3.05, 3.63) is 64.4 Å². The standard InChI is InChI=1S/C16H15N3O3S.ClH/c1-19-16(20)14-5-3-2-4-13(14)15(18-19)12-8-6-11(7-9-12)10-23(17,21)22;/h2-9H,10H2,1H3,(H2,17,21,22);1H. The quantitative estimate of drug-likeness (QED) is 0.765. The molecule has 126 valence electrons. The topological polar surface area (TPSA) is 95.1 Å². The van der Waals surface area contributed by atoms with Gasteiger partial charge in [-0.3, -0.25) is 4.79 Å². The highest BCUT2D eigenvalue weighted by molar-refractivity contribution is 7.88. The fourth-order valence-corrected chi connectivity index (χ4v) is 3.16. The largest absolute Gasteiger partial charge is 0.274 e. The summed E-state index contributed by atoms with van der Waals surface area (Å²) in [6, 6.07) is 14.2. The average molecular weight is 366 g/mol. The summed E-state index contributed by atoms with van der Waals surface area (Å²) in [5.41, 5.74) is 1.92. The Balaban J connectivity index is 0.00000208. The SMILES string of the molecule is Cl.Cn1nc(-c2ccc(CS(N)(=O)=O)cc2)c2ccccc2c1=O. The summed E-state index contributed by atoms with van der Waals surface area (Å²) in [4.78, 5) is 12.1. The van der Waals surface area contributed by atoms with E-state index in [0.717, 1.165) is 10.9 Å². The van der Waals surface area contributed by atoms with E-state index in [9.17, 15) is 13.2 Å². The summed E-state index contributed by atoms with van der Waals surface area (Å²) in [6.07, 6.45) is 0. The molecule has 0 unspecified atom stereocenters. The van der Waals surface area contributed by atoms with Crippen molar-refractivity contribution in [1.29, 1.82) is 0 Å². The lowest BCUT2D eigenvalue weighted by molar-refractivity contribution is 0.597. The van der Waals surface area contributed by atoms with Gasteiger partial charge in [0.25, 0.3) is 5.56 Å². The molecule has 24 heavy (non-hydrogen) atoms. The van der Waals surface area contributed by atoms with Gasteiger partial charge in [0.2, 0.25) is 10.0 Å². The number of hydrogen-bond acceptors (Lipinski definition) is 4. The first kappa shape index (κ1) is 18.1. The molecule has 0 aliphatic heterocycles. The molecular weight excluding hydrogens is 350 g/mol. The molecule has 2 aromatic carbocycles. The maximum atomic E-state index is 12.1. The van der Waals surface area contributed by atoms with E-state index in [-0.39, 0.29) is 23.7 Å². The van der Waals surface area contributed by atoms with E-state index in [1.54, 1.807) is 37.4 Å². The van der Waals surface area contributed by atoms with Gasteiger partial charge in [-0.15, -0.1) is 12.4 Å². The van der Waals surface area contributed by atoms with E-state index >= 15 is 0 Å². The molecule has 0 spiro atoms. The van der Waals surface area contributed by atoms with Crippen molar-refractivity contribution in [3.63, 3.8) is 0 Å². The van der Waals surface area contributed by atoms with Crippen molar-refractivity contribution >= 4 is 33.2 Å². The molecule has 0 saturated heterocycles. The van der Waals surface area contributed by atoms with E-state index in [4.69, 9.17) is 5.14 Å². The van der Waals surface area contributed by atoms with Crippen LogP contribution in [0.5, 0.6) is 0 Å². The molecule has 0 atom stereocenters.